The molecule has 1 heterocycles. The number of hydrogen-bond donors (Lipinski definition) is 2. The predicted molar refractivity (Wildman–Crippen MR) is 109 cm³/mol. The topological polar surface area (TPSA) is 89.5 Å². The molecule has 0 saturated heterocycles. The minimum Gasteiger partial charge on any atom is -0.497 e. The van der Waals surface area contributed by atoms with Crippen molar-refractivity contribution in [2.75, 3.05) is 19.5 Å². The van der Waals surface area contributed by atoms with Gasteiger partial charge in [-0.2, -0.15) is 0 Å². The Labute approximate surface area is 168 Å². The molecular formula is C22H21N3O4. The molecule has 0 spiro atoms. The maximum Gasteiger partial charge on any atom is 0.257 e. The summed E-state index contributed by atoms with van der Waals surface area (Å²) in [6, 6.07) is 15.9. The van der Waals surface area contributed by atoms with E-state index in [9.17, 15) is 9.59 Å². The van der Waals surface area contributed by atoms with Gasteiger partial charge in [0.1, 0.15) is 11.5 Å². The molecule has 2 amide bonds. The Balaban J connectivity index is 1.62. The molecule has 0 unspecified atom stereocenters. The van der Waals surface area contributed by atoms with Gasteiger partial charge in [0.2, 0.25) is 0 Å². The number of methoxy groups -OCH3 is 2. The van der Waals surface area contributed by atoms with E-state index in [1.807, 2.05) is 24.3 Å². The van der Waals surface area contributed by atoms with Crippen molar-refractivity contribution in [1.82, 2.24) is 10.3 Å². The number of rotatable bonds is 7. The molecule has 0 saturated carbocycles. The Kier molecular flexibility index (Phi) is 6.42. The molecule has 0 aliphatic heterocycles. The van der Waals surface area contributed by atoms with E-state index in [1.165, 1.54) is 18.5 Å². The molecule has 0 atom stereocenters. The van der Waals surface area contributed by atoms with Crippen molar-refractivity contribution < 1.29 is 19.1 Å². The Hall–Kier alpha value is -3.87. The highest BCUT2D eigenvalue weighted by atomic mass is 16.5. The van der Waals surface area contributed by atoms with E-state index in [0.29, 0.717) is 23.5 Å². The van der Waals surface area contributed by atoms with Gasteiger partial charge in [0.05, 0.1) is 25.3 Å². The number of hydrogen-bond acceptors (Lipinski definition) is 5. The first-order chi connectivity index (χ1) is 14.1. The Morgan fingerprint density at radius 1 is 0.828 bits per heavy atom. The van der Waals surface area contributed by atoms with Crippen LogP contribution in [0.15, 0.2) is 67.0 Å². The molecule has 1 aromatic heterocycles. The number of carbonyl (C=O) groups excluding carboxylic acids is 2. The number of pyridine rings is 1. The van der Waals surface area contributed by atoms with Crippen LogP contribution in [0.25, 0.3) is 0 Å². The fourth-order valence-corrected chi connectivity index (χ4v) is 2.59. The number of aromatic nitrogens is 1. The number of benzene rings is 2. The maximum atomic E-state index is 12.5. The summed E-state index contributed by atoms with van der Waals surface area (Å²) in [6.07, 6.45) is 2.84. The number of amides is 2. The largest absolute Gasteiger partial charge is 0.497 e. The number of anilines is 1. The molecule has 7 nitrogen and oxygen atoms in total. The van der Waals surface area contributed by atoms with Crippen LogP contribution in [0.1, 0.15) is 26.3 Å². The molecule has 148 valence electrons. The van der Waals surface area contributed by atoms with Gasteiger partial charge in [0.15, 0.2) is 0 Å². The molecule has 29 heavy (non-hydrogen) atoms. The molecular weight excluding hydrogens is 370 g/mol. The van der Waals surface area contributed by atoms with Gasteiger partial charge in [-0.1, -0.05) is 12.1 Å². The lowest BCUT2D eigenvalue weighted by atomic mass is 10.1. The number of ether oxygens (including phenoxy) is 2. The third-order valence-electron chi connectivity index (χ3n) is 4.22. The summed E-state index contributed by atoms with van der Waals surface area (Å²) in [6.45, 7) is 0.352. The molecule has 3 rings (SSSR count). The van der Waals surface area contributed by atoms with Crippen molar-refractivity contribution >= 4 is 17.5 Å². The number of nitrogens with zero attached hydrogens (tertiary/aromatic N) is 1. The van der Waals surface area contributed by atoms with Crippen molar-refractivity contribution in [3.8, 4) is 11.5 Å². The molecule has 0 bridgehead atoms. The van der Waals surface area contributed by atoms with Crippen molar-refractivity contribution in [1.29, 1.82) is 0 Å². The zero-order chi connectivity index (χ0) is 20.6. The van der Waals surface area contributed by atoms with Gasteiger partial charge in [-0.3, -0.25) is 14.6 Å². The average Bonchev–Trinajstić information content (AvgIpc) is 2.78. The number of carbonyl (C=O) groups is 2. The molecule has 0 aliphatic rings. The van der Waals surface area contributed by atoms with E-state index in [-0.39, 0.29) is 17.4 Å². The second-order valence-electron chi connectivity index (χ2n) is 6.18. The molecule has 0 radical (unpaired) electrons. The Morgan fingerprint density at radius 2 is 1.38 bits per heavy atom. The van der Waals surface area contributed by atoms with Crippen LogP contribution < -0.4 is 20.1 Å². The summed E-state index contributed by atoms with van der Waals surface area (Å²) < 4.78 is 10.2. The quantitative estimate of drug-likeness (QED) is 0.645. The highest BCUT2D eigenvalue weighted by Crippen LogP contribution is 2.16. The first-order valence-corrected chi connectivity index (χ1v) is 8.90. The lowest BCUT2D eigenvalue weighted by molar-refractivity contribution is 0.0950. The van der Waals surface area contributed by atoms with Crippen molar-refractivity contribution in [2.45, 2.75) is 6.54 Å². The highest BCUT2D eigenvalue weighted by molar-refractivity contribution is 6.05. The molecule has 7 heteroatoms. The zero-order valence-corrected chi connectivity index (χ0v) is 16.1. The summed E-state index contributed by atoms with van der Waals surface area (Å²) in [4.78, 5) is 28.9. The van der Waals surface area contributed by atoms with Crippen LogP contribution in [0, 0.1) is 0 Å². The first-order valence-electron chi connectivity index (χ1n) is 8.90. The van der Waals surface area contributed by atoms with Crippen LogP contribution in [0.5, 0.6) is 11.5 Å². The van der Waals surface area contributed by atoms with Crippen LogP contribution >= 0.6 is 0 Å². The van der Waals surface area contributed by atoms with E-state index >= 15 is 0 Å². The second kappa shape index (κ2) is 9.36. The molecule has 2 N–H and O–H groups in total. The van der Waals surface area contributed by atoms with E-state index in [4.69, 9.17) is 9.47 Å². The van der Waals surface area contributed by atoms with Crippen molar-refractivity contribution in [3.05, 3.63) is 83.7 Å². The van der Waals surface area contributed by atoms with E-state index in [0.717, 1.165) is 11.3 Å². The maximum absolute atomic E-state index is 12.5. The minimum atomic E-state index is -0.354. The van der Waals surface area contributed by atoms with Crippen molar-refractivity contribution in [3.63, 3.8) is 0 Å². The first kappa shape index (κ1) is 19.9. The van der Waals surface area contributed by atoms with Gasteiger partial charge in [0.25, 0.3) is 11.8 Å². The van der Waals surface area contributed by atoms with Crippen molar-refractivity contribution in [2.24, 2.45) is 0 Å². The van der Waals surface area contributed by atoms with Gasteiger partial charge >= 0.3 is 0 Å². The summed E-state index contributed by atoms with van der Waals surface area (Å²) in [5, 5.41) is 5.58. The Morgan fingerprint density at radius 3 is 1.97 bits per heavy atom. The molecule has 3 aromatic rings. The van der Waals surface area contributed by atoms with Crippen LogP contribution in [-0.2, 0) is 6.54 Å². The summed E-state index contributed by atoms with van der Waals surface area (Å²) >= 11 is 0. The van der Waals surface area contributed by atoms with Crippen LogP contribution in [-0.4, -0.2) is 31.0 Å². The minimum absolute atomic E-state index is 0.290. The van der Waals surface area contributed by atoms with E-state index in [2.05, 4.69) is 15.6 Å². The van der Waals surface area contributed by atoms with Crippen LogP contribution in [0.4, 0.5) is 5.69 Å². The number of nitrogens with one attached hydrogen (secondary N) is 2. The van der Waals surface area contributed by atoms with Gasteiger partial charge in [0, 0.05) is 24.6 Å². The predicted octanol–water partition coefficient (Wildman–Crippen LogP) is 3.28. The molecule has 2 aromatic carbocycles. The van der Waals surface area contributed by atoms with E-state index < -0.39 is 0 Å². The zero-order valence-electron chi connectivity index (χ0n) is 16.1. The summed E-state index contributed by atoms with van der Waals surface area (Å²) in [7, 11) is 3.17. The average molecular weight is 391 g/mol. The third-order valence-corrected chi connectivity index (χ3v) is 4.22. The smallest absolute Gasteiger partial charge is 0.257 e. The normalized spacial score (nSPS) is 10.1. The third kappa shape index (κ3) is 5.32. The van der Waals surface area contributed by atoms with Crippen LogP contribution in [0.2, 0.25) is 0 Å². The van der Waals surface area contributed by atoms with Gasteiger partial charge in [-0.15, -0.1) is 0 Å². The summed E-state index contributed by atoms with van der Waals surface area (Å²) in [5.41, 5.74) is 2.14. The lowest BCUT2D eigenvalue weighted by Gasteiger charge is -2.09. The highest BCUT2D eigenvalue weighted by Gasteiger charge is 2.12. The van der Waals surface area contributed by atoms with Gasteiger partial charge in [-0.25, -0.2) is 0 Å². The Bertz CT molecular complexity index is 986. The second-order valence-corrected chi connectivity index (χ2v) is 6.18. The fourth-order valence-electron chi connectivity index (χ4n) is 2.59. The van der Waals surface area contributed by atoms with E-state index in [1.54, 1.807) is 38.5 Å². The SMILES string of the molecule is COc1ccc(CNC(=O)c2cncc(C(=O)Nc3ccc(OC)cc3)c2)cc1. The fraction of sp³-hybridized carbons (Fsp3) is 0.136. The monoisotopic (exact) mass is 391 g/mol. The standard InChI is InChI=1S/C22H21N3O4/c1-28-19-7-3-15(4-8-19)12-24-21(26)16-11-17(14-23-13-16)22(27)25-18-5-9-20(29-2)10-6-18/h3-11,13-14H,12H2,1-2H3,(H,24,26)(H,25,27). The lowest BCUT2D eigenvalue weighted by Crippen LogP contribution is -2.23. The van der Waals surface area contributed by atoms with Gasteiger partial charge in [-0.05, 0) is 48.0 Å². The van der Waals surface area contributed by atoms with Gasteiger partial charge < -0.3 is 20.1 Å². The van der Waals surface area contributed by atoms with Crippen LogP contribution in [0.3, 0.4) is 0 Å². The summed E-state index contributed by atoms with van der Waals surface area (Å²) in [5.74, 6) is 0.778. The molecule has 0 fully saturated rings. The molecule has 0 aliphatic carbocycles.